The normalized spacial score (nSPS) is 11.6. The molecule has 0 aromatic carbocycles. The van der Waals surface area contributed by atoms with Crippen molar-refractivity contribution in [2.45, 2.75) is 45.5 Å². The van der Waals surface area contributed by atoms with E-state index in [9.17, 15) is 9.59 Å². The molecule has 154 valence electrons. The smallest absolute Gasteiger partial charge is 0.468 e. The Balaban J connectivity index is 2.51. The van der Waals surface area contributed by atoms with Gasteiger partial charge >= 0.3 is 14.8 Å². The molecule has 27 heavy (non-hydrogen) atoms. The average molecular weight is 418 g/mol. The third-order valence-electron chi connectivity index (χ3n) is 3.70. The van der Waals surface area contributed by atoms with Crippen LogP contribution in [0.2, 0.25) is 6.04 Å². The van der Waals surface area contributed by atoms with Crippen LogP contribution in [0.3, 0.4) is 0 Å². The van der Waals surface area contributed by atoms with Gasteiger partial charge in [0.15, 0.2) is 0 Å². The lowest BCUT2D eigenvalue weighted by atomic mass is 10.3. The summed E-state index contributed by atoms with van der Waals surface area (Å²) in [7, 11) is -1.27. The monoisotopic (exact) mass is 417 g/mol. The van der Waals surface area contributed by atoms with Gasteiger partial charge in [0.2, 0.25) is 0 Å². The van der Waals surface area contributed by atoms with E-state index in [-0.39, 0.29) is 12.1 Å². The molecule has 0 amide bonds. The molecule has 9 heteroatoms. The van der Waals surface area contributed by atoms with Crippen molar-refractivity contribution in [3.8, 4) is 0 Å². The van der Waals surface area contributed by atoms with Gasteiger partial charge in [0.25, 0.3) is 5.56 Å². The highest BCUT2D eigenvalue weighted by molar-refractivity contribution is 7.98. The van der Waals surface area contributed by atoms with Crippen LogP contribution in [0.1, 0.15) is 32.8 Å². The van der Waals surface area contributed by atoms with Crippen molar-refractivity contribution < 1.29 is 22.8 Å². The molecule has 0 saturated carbocycles. The fourth-order valence-electron chi connectivity index (χ4n) is 2.58. The topological polar surface area (TPSA) is 76.0 Å². The molecule has 7 nitrogen and oxygen atoms in total. The van der Waals surface area contributed by atoms with Crippen LogP contribution in [0, 0.1) is 0 Å². The molecule has 1 aromatic rings. The number of hydrogen-bond donors (Lipinski definition) is 0. The minimum Gasteiger partial charge on any atom is -0.468 e. The minimum absolute atomic E-state index is 0.0704. The molecule has 0 fully saturated rings. The number of carbonyl (C=O) groups excluding carboxylic acids is 1. The lowest BCUT2D eigenvalue weighted by Crippen LogP contribution is -2.46. The largest absolute Gasteiger partial charge is 0.500 e. The van der Waals surface area contributed by atoms with E-state index < -0.39 is 14.8 Å². The Bertz CT molecular complexity index is 607. The predicted molar refractivity (Wildman–Crippen MR) is 109 cm³/mol. The first kappa shape index (κ1) is 23.9. The molecule has 1 aromatic heterocycles. The molecule has 0 spiro atoms. The van der Waals surface area contributed by atoms with Crippen LogP contribution in [0.4, 0.5) is 0 Å². The quantitative estimate of drug-likeness (QED) is 0.262. The summed E-state index contributed by atoms with van der Waals surface area (Å²) in [6.45, 7) is 7.55. The summed E-state index contributed by atoms with van der Waals surface area (Å²) in [6, 6.07) is 4.07. The molecule has 0 aliphatic heterocycles. The second-order valence-corrected chi connectivity index (χ2v) is 9.56. The van der Waals surface area contributed by atoms with Crippen LogP contribution in [0.15, 0.2) is 23.1 Å². The van der Waals surface area contributed by atoms with E-state index in [0.717, 1.165) is 29.5 Å². The van der Waals surface area contributed by atoms with Crippen molar-refractivity contribution in [1.29, 1.82) is 0 Å². The molecular weight excluding hydrogens is 386 g/mol. The first-order chi connectivity index (χ1) is 13.0. The fraction of sp³-hybridized carbons (Fsp3) is 0.667. The molecule has 0 radical (unpaired) electrons. The zero-order chi connectivity index (χ0) is 20.1. The summed E-state index contributed by atoms with van der Waals surface area (Å²) in [5, 5.41) is 0. The van der Waals surface area contributed by atoms with Gasteiger partial charge in [0.1, 0.15) is 6.54 Å². The number of carbonyl (C=O) groups is 1. The second-order valence-electron chi connectivity index (χ2n) is 5.72. The number of thioether (sulfide) groups is 1. The Morgan fingerprint density at radius 2 is 1.74 bits per heavy atom. The standard InChI is InChI=1S/C18H31NO6SSi/c1-5-23-27(24-6-2,25-7-3)12-8-11-26-15-16-9-10-17(20)19(13-16)14-18(21)22-4/h9-10,13H,5-8,11-12,14-15H2,1-4H3. The number of ether oxygens (including phenoxy) is 1. The summed E-state index contributed by atoms with van der Waals surface area (Å²) in [5.74, 6) is 1.25. The van der Waals surface area contributed by atoms with E-state index >= 15 is 0 Å². The number of hydrogen-bond acceptors (Lipinski definition) is 7. The summed E-state index contributed by atoms with van der Waals surface area (Å²) >= 11 is 1.76. The van der Waals surface area contributed by atoms with Gasteiger partial charge in [-0.25, -0.2) is 0 Å². The number of nitrogens with zero attached hydrogens (tertiary/aromatic N) is 1. The van der Waals surface area contributed by atoms with Crippen molar-refractivity contribution in [1.82, 2.24) is 4.57 Å². The number of rotatable bonds is 14. The summed E-state index contributed by atoms with van der Waals surface area (Å²) < 4.78 is 23.6. The highest BCUT2D eigenvalue weighted by atomic mass is 32.2. The Hall–Kier alpha value is -1.13. The van der Waals surface area contributed by atoms with E-state index in [4.69, 9.17) is 13.3 Å². The maximum absolute atomic E-state index is 11.8. The van der Waals surface area contributed by atoms with Gasteiger partial charge in [-0.05, 0) is 38.5 Å². The zero-order valence-corrected chi connectivity index (χ0v) is 18.5. The molecule has 0 saturated heterocycles. The molecule has 1 rings (SSSR count). The van der Waals surface area contributed by atoms with Crippen LogP contribution in [-0.4, -0.2) is 52.0 Å². The van der Waals surface area contributed by atoms with Crippen LogP contribution < -0.4 is 5.56 Å². The first-order valence-electron chi connectivity index (χ1n) is 9.26. The van der Waals surface area contributed by atoms with Crippen LogP contribution in [0.5, 0.6) is 0 Å². The Morgan fingerprint density at radius 3 is 2.30 bits per heavy atom. The van der Waals surface area contributed by atoms with E-state index in [0.29, 0.717) is 19.8 Å². The first-order valence-corrected chi connectivity index (χ1v) is 12.3. The van der Waals surface area contributed by atoms with Crippen molar-refractivity contribution in [2.75, 3.05) is 32.7 Å². The molecule has 0 bridgehead atoms. The Morgan fingerprint density at radius 1 is 1.11 bits per heavy atom. The van der Waals surface area contributed by atoms with Crippen molar-refractivity contribution >= 4 is 26.5 Å². The zero-order valence-electron chi connectivity index (χ0n) is 16.7. The van der Waals surface area contributed by atoms with Gasteiger partial charge in [-0.1, -0.05) is 6.07 Å². The number of methoxy groups -OCH3 is 1. The van der Waals surface area contributed by atoms with Crippen molar-refractivity contribution in [2.24, 2.45) is 0 Å². The van der Waals surface area contributed by atoms with Gasteiger partial charge in [0, 0.05) is 43.9 Å². The molecule has 0 atom stereocenters. The maximum atomic E-state index is 11.8. The number of pyridine rings is 1. The van der Waals surface area contributed by atoms with Crippen LogP contribution in [-0.2, 0) is 35.1 Å². The summed E-state index contributed by atoms with van der Waals surface area (Å²) in [6.07, 6.45) is 2.64. The number of aromatic nitrogens is 1. The SMILES string of the molecule is CCO[Si](CCCSCc1ccc(=O)n(CC(=O)OC)c1)(OCC)OCC. The Labute approximate surface area is 166 Å². The van der Waals surface area contributed by atoms with E-state index in [2.05, 4.69) is 4.74 Å². The van der Waals surface area contributed by atoms with E-state index in [1.165, 1.54) is 17.7 Å². The van der Waals surface area contributed by atoms with Crippen molar-refractivity contribution in [3.63, 3.8) is 0 Å². The lowest BCUT2D eigenvalue weighted by Gasteiger charge is -2.28. The molecule has 0 aliphatic carbocycles. The van der Waals surface area contributed by atoms with Gasteiger partial charge in [-0.3, -0.25) is 9.59 Å². The predicted octanol–water partition coefficient (Wildman–Crippen LogP) is 2.69. The van der Waals surface area contributed by atoms with Gasteiger partial charge in [0.05, 0.1) is 7.11 Å². The molecule has 0 N–H and O–H groups in total. The highest BCUT2D eigenvalue weighted by Gasteiger charge is 2.39. The molecule has 0 unspecified atom stereocenters. The van der Waals surface area contributed by atoms with Crippen LogP contribution >= 0.6 is 11.8 Å². The lowest BCUT2D eigenvalue weighted by molar-refractivity contribution is -0.141. The average Bonchev–Trinajstić information content (AvgIpc) is 2.64. The highest BCUT2D eigenvalue weighted by Crippen LogP contribution is 2.21. The van der Waals surface area contributed by atoms with Gasteiger partial charge in [-0.15, -0.1) is 0 Å². The maximum Gasteiger partial charge on any atom is 0.500 e. The van der Waals surface area contributed by atoms with Gasteiger partial charge < -0.3 is 22.6 Å². The fourth-order valence-corrected chi connectivity index (χ4v) is 6.34. The minimum atomic E-state index is -2.57. The summed E-state index contributed by atoms with van der Waals surface area (Å²) in [4.78, 5) is 23.2. The van der Waals surface area contributed by atoms with E-state index in [1.54, 1.807) is 24.0 Å². The Kier molecular flexibility index (Phi) is 11.6. The molecular formula is C18H31NO6SSi. The number of esters is 1. The second kappa shape index (κ2) is 13.1. The molecule has 1 heterocycles. The third-order valence-corrected chi connectivity index (χ3v) is 7.97. The van der Waals surface area contributed by atoms with Crippen LogP contribution in [0.25, 0.3) is 0 Å². The third kappa shape index (κ3) is 8.61. The summed E-state index contributed by atoms with van der Waals surface area (Å²) in [5.41, 5.74) is 0.779. The van der Waals surface area contributed by atoms with Gasteiger partial charge in [-0.2, -0.15) is 11.8 Å². The van der Waals surface area contributed by atoms with E-state index in [1.807, 2.05) is 20.8 Å². The molecule has 0 aliphatic rings. The van der Waals surface area contributed by atoms with Crippen molar-refractivity contribution in [3.05, 3.63) is 34.2 Å².